The van der Waals surface area contributed by atoms with E-state index >= 15 is 0 Å². The van der Waals surface area contributed by atoms with E-state index in [-0.39, 0.29) is 24.5 Å². The van der Waals surface area contributed by atoms with E-state index in [1.807, 2.05) is 0 Å². The molecule has 2 amide bonds. The van der Waals surface area contributed by atoms with Crippen molar-refractivity contribution in [2.45, 2.75) is 24.9 Å². The second-order valence-corrected chi connectivity index (χ2v) is 5.63. The zero-order valence-corrected chi connectivity index (χ0v) is 12.2. The van der Waals surface area contributed by atoms with Gasteiger partial charge in [-0.25, -0.2) is 0 Å². The van der Waals surface area contributed by atoms with Crippen molar-refractivity contribution >= 4 is 23.4 Å². The Kier molecular flexibility index (Phi) is 4.07. The number of rotatable bonds is 3. The third kappa shape index (κ3) is 3.16. The predicted octanol–water partition coefficient (Wildman–Crippen LogP) is 0.855. The summed E-state index contributed by atoms with van der Waals surface area (Å²) >= 11 is 6.04. The van der Waals surface area contributed by atoms with E-state index in [4.69, 9.17) is 16.3 Å². The highest BCUT2D eigenvalue weighted by Crippen LogP contribution is 2.21. The molecule has 0 bridgehead atoms. The molecule has 1 unspecified atom stereocenters. The van der Waals surface area contributed by atoms with Gasteiger partial charge in [0, 0.05) is 25.0 Å². The largest absolute Gasteiger partial charge is 0.377 e. The number of aromatic nitrogens is 1. The fourth-order valence-corrected chi connectivity index (χ4v) is 2.46. The number of halogens is 1. The Hall–Kier alpha value is -1.66. The topological polar surface area (TPSA) is 71.5 Å². The Balaban J connectivity index is 1.78. The van der Waals surface area contributed by atoms with E-state index in [9.17, 15) is 9.59 Å². The molecule has 1 atom stereocenters. The van der Waals surface area contributed by atoms with Crippen molar-refractivity contribution in [1.82, 2.24) is 15.2 Å². The van der Waals surface area contributed by atoms with Crippen LogP contribution in [-0.2, 0) is 9.53 Å². The highest BCUT2D eigenvalue weighted by atomic mass is 35.5. The molecule has 1 aromatic heterocycles. The molecule has 6 nitrogen and oxygen atoms in total. The number of carbonyl (C=O) groups is 2. The monoisotopic (exact) mass is 309 g/mol. The number of hydrogen-bond acceptors (Lipinski definition) is 4. The smallest absolute Gasteiger partial charge is 0.257 e. The van der Waals surface area contributed by atoms with E-state index < -0.39 is 6.04 Å². The average Bonchev–Trinajstić information content (AvgIpc) is 3.31. The number of amides is 2. The molecular formula is C14H16ClN3O3. The molecule has 3 rings (SSSR count). The first kappa shape index (κ1) is 14.3. The van der Waals surface area contributed by atoms with Crippen molar-refractivity contribution in [2.24, 2.45) is 0 Å². The summed E-state index contributed by atoms with van der Waals surface area (Å²) in [4.78, 5) is 30.3. The van der Waals surface area contributed by atoms with Crippen LogP contribution in [0.25, 0.3) is 0 Å². The molecule has 2 heterocycles. The number of carbonyl (C=O) groups excluding carboxylic acids is 2. The number of morpholine rings is 1. The molecule has 1 saturated carbocycles. The molecule has 1 aliphatic carbocycles. The lowest BCUT2D eigenvalue weighted by Crippen LogP contribution is -2.56. The normalized spacial score (nSPS) is 22.0. The number of hydrogen-bond donors (Lipinski definition) is 1. The molecule has 21 heavy (non-hydrogen) atoms. The molecule has 0 spiro atoms. The Labute approximate surface area is 127 Å². The first-order chi connectivity index (χ1) is 10.2. The van der Waals surface area contributed by atoms with Gasteiger partial charge in [-0.15, -0.1) is 0 Å². The molecule has 1 aromatic rings. The maximum absolute atomic E-state index is 12.6. The highest BCUT2D eigenvalue weighted by molar-refractivity contribution is 6.33. The van der Waals surface area contributed by atoms with Crippen LogP contribution < -0.4 is 5.32 Å². The van der Waals surface area contributed by atoms with Gasteiger partial charge in [0.15, 0.2) is 0 Å². The molecule has 0 radical (unpaired) electrons. The van der Waals surface area contributed by atoms with Crippen molar-refractivity contribution in [3.05, 3.63) is 29.0 Å². The Morgan fingerprint density at radius 3 is 2.95 bits per heavy atom. The minimum atomic E-state index is -0.608. The van der Waals surface area contributed by atoms with Gasteiger partial charge < -0.3 is 15.0 Å². The lowest BCUT2D eigenvalue weighted by atomic mass is 10.1. The molecule has 2 fully saturated rings. The lowest BCUT2D eigenvalue weighted by molar-refractivity contribution is -0.130. The first-order valence-corrected chi connectivity index (χ1v) is 7.33. The number of ether oxygens (including phenoxy) is 1. The van der Waals surface area contributed by atoms with Gasteiger partial charge in [0.1, 0.15) is 6.04 Å². The van der Waals surface area contributed by atoms with Crippen LogP contribution in [0.3, 0.4) is 0 Å². The van der Waals surface area contributed by atoms with Gasteiger partial charge in [0.05, 0.1) is 23.8 Å². The summed E-state index contributed by atoms with van der Waals surface area (Å²) in [5.41, 5.74) is 0.310. The Morgan fingerprint density at radius 2 is 2.24 bits per heavy atom. The van der Waals surface area contributed by atoms with Crippen molar-refractivity contribution in [1.29, 1.82) is 0 Å². The SMILES string of the molecule is O=C(NC1CC1)C1COCCN1C(=O)c1cnccc1Cl. The minimum absolute atomic E-state index is 0.162. The summed E-state index contributed by atoms with van der Waals surface area (Å²) in [6.45, 7) is 0.992. The summed E-state index contributed by atoms with van der Waals surface area (Å²) < 4.78 is 5.35. The Morgan fingerprint density at radius 1 is 1.43 bits per heavy atom. The lowest BCUT2D eigenvalue weighted by Gasteiger charge is -2.34. The van der Waals surface area contributed by atoms with Gasteiger partial charge in [-0.2, -0.15) is 0 Å². The van der Waals surface area contributed by atoms with Crippen molar-refractivity contribution in [2.75, 3.05) is 19.8 Å². The molecule has 0 aromatic carbocycles. The van der Waals surface area contributed by atoms with Crippen LogP contribution in [0, 0.1) is 0 Å². The molecule has 1 aliphatic heterocycles. The molecular weight excluding hydrogens is 294 g/mol. The van der Waals surface area contributed by atoms with Crippen LogP contribution in [0.1, 0.15) is 23.2 Å². The van der Waals surface area contributed by atoms with E-state index in [1.165, 1.54) is 17.3 Å². The van der Waals surface area contributed by atoms with Crippen LogP contribution in [0.2, 0.25) is 5.02 Å². The third-order valence-electron chi connectivity index (χ3n) is 3.61. The van der Waals surface area contributed by atoms with Crippen LogP contribution in [0.5, 0.6) is 0 Å². The van der Waals surface area contributed by atoms with Gasteiger partial charge in [0.25, 0.3) is 5.91 Å². The van der Waals surface area contributed by atoms with E-state index in [0.717, 1.165) is 12.8 Å². The third-order valence-corrected chi connectivity index (χ3v) is 3.94. The quantitative estimate of drug-likeness (QED) is 0.899. The zero-order valence-electron chi connectivity index (χ0n) is 11.4. The fourth-order valence-electron chi connectivity index (χ4n) is 2.28. The standard InChI is InChI=1S/C14H16ClN3O3/c15-11-3-4-16-7-10(11)14(20)18-5-6-21-8-12(18)13(19)17-9-1-2-9/h3-4,7,9,12H,1-2,5-6,8H2,(H,17,19). The van der Waals surface area contributed by atoms with Crippen LogP contribution in [0.4, 0.5) is 0 Å². The summed E-state index contributed by atoms with van der Waals surface area (Å²) in [6, 6.07) is 1.20. The molecule has 2 aliphatic rings. The van der Waals surface area contributed by atoms with E-state index in [1.54, 1.807) is 6.07 Å². The van der Waals surface area contributed by atoms with Crippen LogP contribution in [0.15, 0.2) is 18.5 Å². The molecule has 112 valence electrons. The van der Waals surface area contributed by atoms with E-state index in [0.29, 0.717) is 23.7 Å². The Bertz CT molecular complexity index is 562. The van der Waals surface area contributed by atoms with Gasteiger partial charge in [0.2, 0.25) is 5.91 Å². The minimum Gasteiger partial charge on any atom is -0.377 e. The van der Waals surface area contributed by atoms with Gasteiger partial charge in [-0.1, -0.05) is 11.6 Å². The van der Waals surface area contributed by atoms with Crippen LogP contribution in [-0.4, -0.2) is 53.5 Å². The summed E-state index contributed by atoms with van der Waals surface area (Å²) in [5.74, 6) is -0.446. The zero-order chi connectivity index (χ0) is 14.8. The summed E-state index contributed by atoms with van der Waals surface area (Å²) in [5, 5.41) is 3.25. The second-order valence-electron chi connectivity index (χ2n) is 5.23. The fraction of sp³-hybridized carbons (Fsp3) is 0.500. The molecule has 1 N–H and O–H groups in total. The maximum Gasteiger partial charge on any atom is 0.257 e. The van der Waals surface area contributed by atoms with Crippen molar-refractivity contribution in [3.63, 3.8) is 0 Å². The van der Waals surface area contributed by atoms with Crippen molar-refractivity contribution < 1.29 is 14.3 Å². The number of nitrogens with zero attached hydrogens (tertiary/aromatic N) is 2. The molecule has 7 heteroatoms. The number of nitrogens with one attached hydrogen (secondary N) is 1. The van der Waals surface area contributed by atoms with Crippen LogP contribution >= 0.6 is 11.6 Å². The first-order valence-electron chi connectivity index (χ1n) is 6.95. The van der Waals surface area contributed by atoms with Gasteiger partial charge >= 0.3 is 0 Å². The second kappa shape index (κ2) is 5.99. The number of pyridine rings is 1. The van der Waals surface area contributed by atoms with E-state index in [2.05, 4.69) is 10.3 Å². The molecule has 1 saturated heterocycles. The summed E-state index contributed by atoms with van der Waals surface area (Å²) in [6.07, 6.45) is 4.95. The average molecular weight is 310 g/mol. The summed E-state index contributed by atoms with van der Waals surface area (Å²) in [7, 11) is 0. The highest BCUT2D eigenvalue weighted by Gasteiger charge is 2.36. The van der Waals surface area contributed by atoms with Gasteiger partial charge in [-0.3, -0.25) is 14.6 Å². The van der Waals surface area contributed by atoms with Crippen molar-refractivity contribution in [3.8, 4) is 0 Å². The maximum atomic E-state index is 12.6. The predicted molar refractivity (Wildman–Crippen MR) is 76.1 cm³/mol. The van der Waals surface area contributed by atoms with Gasteiger partial charge in [-0.05, 0) is 18.9 Å².